The fourth-order valence-electron chi connectivity index (χ4n) is 4.93. The van der Waals surface area contributed by atoms with Gasteiger partial charge in [-0.1, -0.05) is 35.5 Å². The maximum absolute atomic E-state index is 13.7. The number of esters is 1. The first-order valence-corrected chi connectivity index (χ1v) is 11.6. The smallest absolute Gasteiger partial charge is 0.338 e. The lowest BCUT2D eigenvalue weighted by Gasteiger charge is -2.23. The van der Waals surface area contributed by atoms with Gasteiger partial charge in [0.05, 0.1) is 34.5 Å². The van der Waals surface area contributed by atoms with Gasteiger partial charge in [0.25, 0.3) is 0 Å². The topological polar surface area (TPSA) is 84.7 Å². The van der Waals surface area contributed by atoms with Gasteiger partial charge in [-0.05, 0) is 44.0 Å². The van der Waals surface area contributed by atoms with Gasteiger partial charge in [0.15, 0.2) is 11.5 Å². The molecule has 0 atom stereocenters. The summed E-state index contributed by atoms with van der Waals surface area (Å²) < 4.78 is 11.0. The Labute approximate surface area is 196 Å². The number of hydrogen-bond donors (Lipinski definition) is 1. The van der Waals surface area contributed by atoms with Crippen LogP contribution in [0, 0.1) is 0 Å². The highest BCUT2D eigenvalue weighted by molar-refractivity contribution is 6.28. The molecule has 2 aliphatic rings. The number of aromatic nitrogens is 1. The van der Waals surface area contributed by atoms with Crippen LogP contribution in [0.1, 0.15) is 46.0 Å². The molecule has 1 saturated heterocycles. The lowest BCUT2D eigenvalue weighted by atomic mass is 9.86. The zero-order valence-corrected chi connectivity index (χ0v) is 18.8. The normalized spacial score (nSPS) is 14.4. The molecule has 34 heavy (non-hydrogen) atoms. The van der Waals surface area contributed by atoms with E-state index < -0.39 is 0 Å². The van der Waals surface area contributed by atoms with Crippen molar-refractivity contribution in [1.29, 1.82) is 0 Å². The van der Waals surface area contributed by atoms with Crippen molar-refractivity contribution in [3.8, 4) is 11.3 Å². The van der Waals surface area contributed by atoms with Crippen molar-refractivity contribution in [1.82, 2.24) is 5.16 Å². The molecule has 7 heteroatoms. The second-order valence-electron chi connectivity index (χ2n) is 8.55. The van der Waals surface area contributed by atoms with Crippen LogP contribution < -0.4 is 10.2 Å². The first-order chi connectivity index (χ1) is 16.7. The standard InChI is InChI=1S/C27H23N3O4/c1-2-33-27(32)16-8-7-9-17(14-16)28-20-15-21(30-12-5-6-13-30)24-23-22(20)25(31)18-10-3-4-11-19(18)26(23)34-29-24/h3-4,7-11,14-15,28H,2,5-6,12-13H2,1H3. The third-order valence-corrected chi connectivity index (χ3v) is 6.48. The summed E-state index contributed by atoms with van der Waals surface area (Å²) in [5.74, 6) is 0.157. The average Bonchev–Trinajstić information content (AvgIpc) is 3.54. The first-order valence-electron chi connectivity index (χ1n) is 11.6. The van der Waals surface area contributed by atoms with Crippen LogP contribution in [0.3, 0.4) is 0 Å². The fraction of sp³-hybridized carbons (Fsp3) is 0.222. The van der Waals surface area contributed by atoms with E-state index in [2.05, 4.69) is 15.4 Å². The molecule has 170 valence electrons. The van der Waals surface area contributed by atoms with E-state index in [0.717, 1.165) is 42.6 Å². The molecule has 0 saturated carbocycles. The molecule has 1 aliphatic carbocycles. The van der Waals surface area contributed by atoms with Gasteiger partial charge in [-0.2, -0.15) is 0 Å². The molecule has 6 rings (SSSR count). The van der Waals surface area contributed by atoms with Crippen molar-refractivity contribution in [3.63, 3.8) is 0 Å². The number of hydrogen-bond acceptors (Lipinski definition) is 7. The van der Waals surface area contributed by atoms with E-state index in [1.807, 2.05) is 36.4 Å². The molecular formula is C27H23N3O4. The highest BCUT2D eigenvalue weighted by atomic mass is 16.5. The predicted molar refractivity (Wildman–Crippen MR) is 130 cm³/mol. The van der Waals surface area contributed by atoms with E-state index in [9.17, 15) is 9.59 Å². The summed E-state index contributed by atoms with van der Waals surface area (Å²) >= 11 is 0. The van der Waals surface area contributed by atoms with Crippen LogP contribution in [0.15, 0.2) is 59.1 Å². The van der Waals surface area contributed by atoms with E-state index in [-0.39, 0.29) is 11.8 Å². The third kappa shape index (κ3) is 3.15. The van der Waals surface area contributed by atoms with Crippen molar-refractivity contribution in [2.75, 3.05) is 29.9 Å². The lowest BCUT2D eigenvalue weighted by Crippen LogP contribution is -2.19. The average molecular weight is 453 g/mol. The minimum Gasteiger partial charge on any atom is -0.462 e. The van der Waals surface area contributed by atoms with Crippen LogP contribution >= 0.6 is 0 Å². The van der Waals surface area contributed by atoms with Crippen molar-refractivity contribution in [2.45, 2.75) is 19.8 Å². The molecule has 0 radical (unpaired) electrons. The van der Waals surface area contributed by atoms with E-state index in [0.29, 0.717) is 45.9 Å². The van der Waals surface area contributed by atoms with Crippen molar-refractivity contribution < 1.29 is 18.8 Å². The lowest BCUT2D eigenvalue weighted by molar-refractivity contribution is 0.0526. The van der Waals surface area contributed by atoms with Gasteiger partial charge in [0.1, 0.15) is 5.52 Å². The van der Waals surface area contributed by atoms with Crippen LogP contribution in [-0.2, 0) is 4.74 Å². The van der Waals surface area contributed by atoms with Gasteiger partial charge >= 0.3 is 5.97 Å². The summed E-state index contributed by atoms with van der Waals surface area (Å²) in [5, 5.41) is 8.55. The van der Waals surface area contributed by atoms with Crippen molar-refractivity contribution in [2.24, 2.45) is 0 Å². The minimum absolute atomic E-state index is 0.0756. The van der Waals surface area contributed by atoms with Gasteiger partial charge in [-0.25, -0.2) is 4.79 Å². The Morgan fingerprint density at radius 1 is 1.09 bits per heavy atom. The SMILES string of the molecule is CCOC(=O)c1cccc(Nc2cc(N3CCCC3)c3noc4c3c2C(=O)c2ccccc2-4)c1. The third-order valence-electron chi connectivity index (χ3n) is 6.48. The summed E-state index contributed by atoms with van der Waals surface area (Å²) in [6.45, 7) is 3.94. The molecule has 1 aromatic heterocycles. The number of ketones is 1. The van der Waals surface area contributed by atoms with E-state index >= 15 is 0 Å². The van der Waals surface area contributed by atoms with E-state index in [1.165, 1.54) is 0 Å². The molecule has 4 aromatic rings. The van der Waals surface area contributed by atoms with Crippen LogP contribution in [0.5, 0.6) is 0 Å². The van der Waals surface area contributed by atoms with Gasteiger partial charge in [-0.3, -0.25) is 4.79 Å². The molecule has 0 spiro atoms. The molecule has 1 fully saturated rings. The number of rotatable bonds is 5. The molecule has 3 aromatic carbocycles. The largest absolute Gasteiger partial charge is 0.462 e. The molecule has 0 bridgehead atoms. The number of nitrogens with one attached hydrogen (secondary N) is 1. The molecule has 1 aliphatic heterocycles. The summed E-state index contributed by atoms with van der Waals surface area (Å²) in [5.41, 5.74) is 5.35. The van der Waals surface area contributed by atoms with E-state index in [1.54, 1.807) is 25.1 Å². The quantitative estimate of drug-likeness (QED) is 0.349. The summed E-state index contributed by atoms with van der Waals surface area (Å²) in [7, 11) is 0. The van der Waals surface area contributed by atoms with E-state index in [4.69, 9.17) is 9.26 Å². The van der Waals surface area contributed by atoms with Crippen molar-refractivity contribution in [3.05, 3.63) is 71.3 Å². The second kappa shape index (κ2) is 8.02. The Hall–Kier alpha value is -4.13. The Kier molecular flexibility index (Phi) is 4.83. The number of carbonyl (C=O) groups excluding carboxylic acids is 2. The fourth-order valence-corrected chi connectivity index (χ4v) is 4.93. The highest BCUT2D eigenvalue weighted by Gasteiger charge is 2.34. The van der Waals surface area contributed by atoms with Crippen molar-refractivity contribution >= 4 is 39.7 Å². The maximum Gasteiger partial charge on any atom is 0.338 e. The summed E-state index contributed by atoms with van der Waals surface area (Å²) in [6.07, 6.45) is 2.22. The number of nitrogens with zero attached hydrogens (tertiary/aromatic N) is 2. The number of carbonyl (C=O) groups is 2. The number of fused-ring (bicyclic) bond motifs is 2. The van der Waals surface area contributed by atoms with Crippen LogP contribution in [0.2, 0.25) is 0 Å². The predicted octanol–water partition coefficient (Wildman–Crippen LogP) is 5.56. The monoisotopic (exact) mass is 453 g/mol. The summed E-state index contributed by atoms with van der Waals surface area (Å²) in [4.78, 5) is 28.2. The van der Waals surface area contributed by atoms with Crippen LogP contribution in [0.4, 0.5) is 17.1 Å². The molecule has 2 heterocycles. The molecule has 1 N–H and O–H groups in total. The van der Waals surface area contributed by atoms with Crippen LogP contribution in [0.25, 0.3) is 22.2 Å². The first kappa shape index (κ1) is 20.5. The Morgan fingerprint density at radius 3 is 2.68 bits per heavy atom. The molecular weight excluding hydrogens is 430 g/mol. The Morgan fingerprint density at radius 2 is 1.88 bits per heavy atom. The van der Waals surface area contributed by atoms with Gasteiger partial charge in [0.2, 0.25) is 0 Å². The van der Waals surface area contributed by atoms with Gasteiger partial charge < -0.3 is 19.5 Å². The minimum atomic E-state index is -0.382. The maximum atomic E-state index is 13.7. The number of anilines is 3. The summed E-state index contributed by atoms with van der Waals surface area (Å²) in [6, 6.07) is 16.6. The Bertz CT molecular complexity index is 1450. The molecule has 7 nitrogen and oxygen atoms in total. The second-order valence-corrected chi connectivity index (χ2v) is 8.55. The Balaban J connectivity index is 1.54. The van der Waals surface area contributed by atoms with Gasteiger partial charge in [-0.15, -0.1) is 0 Å². The number of ether oxygens (including phenoxy) is 1. The van der Waals surface area contributed by atoms with Gasteiger partial charge in [0, 0.05) is 29.9 Å². The molecule has 0 unspecified atom stereocenters. The number of benzene rings is 3. The zero-order valence-electron chi connectivity index (χ0n) is 18.8. The highest BCUT2D eigenvalue weighted by Crippen LogP contribution is 2.46. The van der Waals surface area contributed by atoms with Crippen LogP contribution in [-0.4, -0.2) is 36.6 Å². The molecule has 0 amide bonds. The zero-order chi connectivity index (χ0) is 23.2.